The van der Waals surface area contributed by atoms with Gasteiger partial charge in [0.15, 0.2) is 0 Å². The Morgan fingerprint density at radius 2 is 1.94 bits per heavy atom. The first-order chi connectivity index (χ1) is 8.64. The SMILES string of the molecule is CC(C)(C#N)CCNCCCOc1ccccc1. The van der Waals surface area contributed by atoms with Crippen molar-refractivity contribution in [3.8, 4) is 11.8 Å². The third-order valence-corrected chi connectivity index (χ3v) is 2.74. The van der Waals surface area contributed by atoms with E-state index in [4.69, 9.17) is 10.00 Å². The van der Waals surface area contributed by atoms with E-state index in [0.29, 0.717) is 0 Å². The summed E-state index contributed by atoms with van der Waals surface area (Å²) >= 11 is 0. The molecule has 1 N–H and O–H groups in total. The molecule has 1 aromatic carbocycles. The Hall–Kier alpha value is -1.53. The van der Waals surface area contributed by atoms with Gasteiger partial charge in [0.25, 0.3) is 0 Å². The van der Waals surface area contributed by atoms with E-state index in [1.807, 2.05) is 44.2 Å². The summed E-state index contributed by atoms with van der Waals surface area (Å²) in [4.78, 5) is 0. The number of benzene rings is 1. The molecule has 1 aromatic rings. The normalized spacial score (nSPS) is 10.9. The average molecular weight is 246 g/mol. The van der Waals surface area contributed by atoms with Crippen molar-refractivity contribution in [2.75, 3.05) is 19.7 Å². The minimum atomic E-state index is -0.229. The predicted molar refractivity (Wildman–Crippen MR) is 73.4 cm³/mol. The summed E-state index contributed by atoms with van der Waals surface area (Å²) in [6.45, 7) is 6.46. The minimum Gasteiger partial charge on any atom is -0.494 e. The van der Waals surface area contributed by atoms with Crippen LogP contribution in [-0.4, -0.2) is 19.7 Å². The molecule has 0 aliphatic carbocycles. The second-order valence-electron chi connectivity index (χ2n) is 5.01. The first-order valence-electron chi connectivity index (χ1n) is 6.44. The van der Waals surface area contributed by atoms with Crippen LogP contribution in [0.15, 0.2) is 30.3 Å². The number of nitrogens with zero attached hydrogens (tertiary/aromatic N) is 1. The first-order valence-corrected chi connectivity index (χ1v) is 6.44. The Bertz CT molecular complexity index is 368. The highest BCUT2D eigenvalue weighted by atomic mass is 16.5. The summed E-state index contributed by atoms with van der Waals surface area (Å²) in [6, 6.07) is 12.1. The molecule has 0 saturated heterocycles. The lowest BCUT2D eigenvalue weighted by atomic mass is 9.91. The molecule has 98 valence electrons. The Morgan fingerprint density at radius 1 is 1.22 bits per heavy atom. The Labute approximate surface area is 110 Å². The van der Waals surface area contributed by atoms with Crippen LogP contribution in [0.4, 0.5) is 0 Å². The van der Waals surface area contributed by atoms with Crippen LogP contribution in [0.25, 0.3) is 0 Å². The molecule has 0 spiro atoms. The van der Waals surface area contributed by atoms with E-state index in [-0.39, 0.29) is 5.41 Å². The molecule has 0 aromatic heterocycles. The molecule has 0 atom stereocenters. The molecule has 18 heavy (non-hydrogen) atoms. The third-order valence-electron chi connectivity index (χ3n) is 2.74. The monoisotopic (exact) mass is 246 g/mol. The zero-order valence-corrected chi connectivity index (χ0v) is 11.3. The molecular weight excluding hydrogens is 224 g/mol. The van der Waals surface area contributed by atoms with Crippen molar-refractivity contribution >= 4 is 0 Å². The van der Waals surface area contributed by atoms with Gasteiger partial charge in [-0.2, -0.15) is 5.26 Å². The Balaban J connectivity index is 1.98. The van der Waals surface area contributed by atoms with Crippen molar-refractivity contribution < 1.29 is 4.74 Å². The van der Waals surface area contributed by atoms with Gasteiger partial charge >= 0.3 is 0 Å². The highest BCUT2D eigenvalue weighted by Crippen LogP contribution is 2.16. The molecule has 0 aliphatic rings. The smallest absolute Gasteiger partial charge is 0.119 e. The van der Waals surface area contributed by atoms with E-state index < -0.39 is 0 Å². The lowest BCUT2D eigenvalue weighted by Crippen LogP contribution is -2.23. The van der Waals surface area contributed by atoms with Crippen molar-refractivity contribution in [2.24, 2.45) is 5.41 Å². The summed E-state index contributed by atoms with van der Waals surface area (Å²) in [6.07, 6.45) is 1.85. The van der Waals surface area contributed by atoms with Gasteiger partial charge in [0.2, 0.25) is 0 Å². The molecule has 0 unspecified atom stereocenters. The molecular formula is C15H22N2O. The number of nitrogens with one attached hydrogen (secondary N) is 1. The lowest BCUT2D eigenvalue weighted by molar-refractivity contribution is 0.306. The summed E-state index contributed by atoms with van der Waals surface area (Å²) < 4.78 is 5.58. The summed E-state index contributed by atoms with van der Waals surface area (Å²) in [5, 5.41) is 12.2. The fraction of sp³-hybridized carbons (Fsp3) is 0.533. The maximum Gasteiger partial charge on any atom is 0.119 e. The van der Waals surface area contributed by atoms with E-state index in [1.165, 1.54) is 0 Å². The van der Waals surface area contributed by atoms with E-state index in [0.717, 1.165) is 38.3 Å². The van der Waals surface area contributed by atoms with Gasteiger partial charge in [-0.05, 0) is 51.9 Å². The zero-order chi connectivity index (χ0) is 13.3. The van der Waals surface area contributed by atoms with Gasteiger partial charge in [-0.3, -0.25) is 0 Å². The molecule has 1 rings (SSSR count). The Kier molecular flexibility index (Phi) is 6.24. The second kappa shape index (κ2) is 7.73. The van der Waals surface area contributed by atoms with Crippen LogP contribution in [0.1, 0.15) is 26.7 Å². The predicted octanol–water partition coefficient (Wildman–Crippen LogP) is 2.98. The molecule has 3 heteroatoms. The summed E-state index contributed by atoms with van der Waals surface area (Å²) in [5.74, 6) is 0.920. The quantitative estimate of drug-likeness (QED) is 0.717. The third kappa shape index (κ3) is 6.27. The zero-order valence-electron chi connectivity index (χ0n) is 11.3. The highest BCUT2D eigenvalue weighted by Gasteiger charge is 2.14. The molecule has 0 saturated carbocycles. The summed E-state index contributed by atoms with van der Waals surface area (Å²) in [7, 11) is 0. The number of hydrogen-bond acceptors (Lipinski definition) is 3. The number of rotatable bonds is 8. The van der Waals surface area contributed by atoms with Crippen molar-refractivity contribution in [1.29, 1.82) is 5.26 Å². The van der Waals surface area contributed by atoms with Gasteiger partial charge in [0, 0.05) is 0 Å². The topological polar surface area (TPSA) is 45.0 Å². The van der Waals surface area contributed by atoms with Crippen LogP contribution < -0.4 is 10.1 Å². The van der Waals surface area contributed by atoms with Gasteiger partial charge in [-0.1, -0.05) is 18.2 Å². The number of para-hydroxylation sites is 1. The van der Waals surface area contributed by atoms with E-state index in [9.17, 15) is 0 Å². The molecule has 0 amide bonds. The van der Waals surface area contributed by atoms with Gasteiger partial charge < -0.3 is 10.1 Å². The molecule has 0 aliphatic heterocycles. The molecule has 0 heterocycles. The van der Waals surface area contributed by atoms with Gasteiger partial charge in [-0.15, -0.1) is 0 Å². The van der Waals surface area contributed by atoms with Gasteiger partial charge in [-0.25, -0.2) is 0 Å². The van der Waals surface area contributed by atoms with Crippen LogP contribution in [0.5, 0.6) is 5.75 Å². The van der Waals surface area contributed by atoms with Crippen LogP contribution >= 0.6 is 0 Å². The van der Waals surface area contributed by atoms with E-state index in [1.54, 1.807) is 0 Å². The molecule has 0 bridgehead atoms. The largest absolute Gasteiger partial charge is 0.494 e. The average Bonchev–Trinajstić information content (AvgIpc) is 2.39. The van der Waals surface area contributed by atoms with Crippen LogP contribution in [0, 0.1) is 16.7 Å². The first kappa shape index (κ1) is 14.5. The van der Waals surface area contributed by atoms with Crippen molar-refractivity contribution in [1.82, 2.24) is 5.32 Å². The lowest BCUT2D eigenvalue weighted by Gasteiger charge is -2.15. The number of hydrogen-bond donors (Lipinski definition) is 1. The highest BCUT2D eigenvalue weighted by molar-refractivity contribution is 5.20. The molecule has 0 fully saturated rings. The van der Waals surface area contributed by atoms with Gasteiger partial charge in [0.1, 0.15) is 5.75 Å². The maximum absolute atomic E-state index is 8.86. The van der Waals surface area contributed by atoms with E-state index >= 15 is 0 Å². The second-order valence-corrected chi connectivity index (χ2v) is 5.01. The van der Waals surface area contributed by atoms with Crippen molar-refractivity contribution in [3.63, 3.8) is 0 Å². The van der Waals surface area contributed by atoms with E-state index in [2.05, 4.69) is 11.4 Å². The fourth-order valence-corrected chi connectivity index (χ4v) is 1.49. The van der Waals surface area contributed by atoms with Crippen molar-refractivity contribution in [3.05, 3.63) is 30.3 Å². The maximum atomic E-state index is 8.86. The summed E-state index contributed by atoms with van der Waals surface area (Å²) in [5.41, 5.74) is -0.229. The number of ether oxygens (including phenoxy) is 1. The number of nitriles is 1. The van der Waals surface area contributed by atoms with Crippen LogP contribution in [-0.2, 0) is 0 Å². The minimum absolute atomic E-state index is 0.229. The Morgan fingerprint density at radius 3 is 2.61 bits per heavy atom. The van der Waals surface area contributed by atoms with Crippen LogP contribution in [0.3, 0.4) is 0 Å². The van der Waals surface area contributed by atoms with Crippen LogP contribution in [0.2, 0.25) is 0 Å². The molecule has 0 radical (unpaired) electrons. The van der Waals surface area contributed by atoms with Gasteiger partial charge in [0.05, 0.1) is 18.1 Å². The molecule has 3 nitrogen and oxygen atoms in total. The standard InChI is InChI=1S/C15H22N2O/c1-15(2,13-16)9-11-17-10-6-12-18-14-7-4-3-5-8-14/h3-5,7-8,17H,6,9-12H2,1-2H3. The fourth-order valence-electron chi connectivity index (χ4n) is 1.49. The van der Waals surface area contributed by atoms with Crippen molar-refractivity contribution in [2.45, 2.75) is 26.7 Å².